The maximum atomic E-state index is 12.2. The quantitative estimate of drug-likeness (QED) is 0.702. The van der Waals surface area contributed by atoms with Crippen molar-refractivity contribution in [2.24, 2.45) is 0 Å². The van der Waals surface area contributed by atoms with Crippen molar-refractivity contribution < 1.29 is 9.53 Å². The highest BCUT2D eigenvalue weighted by Crippen LogP contribution is 2.29. The zero-order valence-corrected chi connectivity index (χ0v) is 15.3. The van der Waals surface area contributed by atoms with Gasteiger partial charge in [-0.25, -0.2) is 9.97 Å². The monoisotopic (exact) mass is 363 g/mol. The molecule has 25 heavy (non-hydrogen) atoms. The molecule has 0 aliphatic carbocycles. The molecule has 2 aromatic rings. The molecular formula is C17H22ClN5O2. The topological polar surface area (TPSA) is 79.4 Å². The number of anilines is 2. The summed E-state index contributed by atoms with van der Waals surface area (Å²) < 4.78 is 5.29. The van der Waals surface area contributed by atoms with Crippen molar-refractivity contribution in [1.29, 1.82) is 0 Å². The van der Waals surface area contributed by atoms with E-state index in [1.807, 2.05) is 14.1 Å². The van der Waals surface area contributed by atoms with Gasteiger partial charge in [0.1, 0.15) is 23.6 Å². The zero-order valence-electron chi connectivity index (χ0n) is 14.5. The number of ether oxygens (including phenoxy) is 1. The van der Waals surface area contributed by atoms with E-state index in [1.165, 1.54) is 6.33 Å². The summed E-state index contributed by atoms with van der Waals surface area (Å²) in [6.45, 7) is 1.50. The van der Waals surface area contributed by atoms with E-state index in [9.17, 15) is 4.79 Å². The zero-order chi connectivity index (χ0) is 18.2. The second kappa shape index (κ2) is 9.19. The summed E-state index contributed by atoms with van der Waals surface area (Å²) in [5.74, 6) is 0.869. The van der Waals surface area contributed by atoms with Crippen LogP contribution in [0, 0.1) is 0 Å². The SMILES string of the molecule is COc1ccc(Cl)cc1Nc1cc(C(=O)NCCCN(C)C)ncn1. The van der Waals surface area contributed by atoms with Gasteiger partial charge in [-0.15, -0.1) is 0 Å². The first-order valence-corrected chi connectivity index (χ1v) is 8.23. The van der Waals surface area contributed by atoms with Crippen molar-refractivity contribution in [3.8, 4) is 5.75 Å². The van der Waals surface area contributed by atoms with Gasteiger partial charge in [0.25, 0.3) is 5.91 Å². The van der Waals surface area contributed by atoms with Gasteiger partial charge in [-0.3, -0.25) is 4.79 Å². The number of hydrogen-bond acceptors (Lipinski definition) is 6. The minimum atomic E-state index is -0.234. The van der Waals surface area contributed by atoms with Gasteiger partial charge in [-0.2, -0.15) is 0 Å². The standard InChI is InChI=1S/C17H22ClN5O2/c1-23(2)8-4-7-19-17(24)14-10-16(21-11-20-14)22-13-9-12(18)5-6-15(13)25-3/h5-6,9-11H,4,7-8H2,1-3H3,(H,19,24)(H,20,21,22). The molecule has 8 heteroatoms. The fourth-order valence-electron chi connectivity index (χ4n) is 2.15. The number of amides is 1. The van der Waals surface area contributed by atoms with E-state index < -0.39 is 0 Å². The molecule has 0 radical (unpaired) electrons. The predicted molar refractivity (Wildman–Crippen MR) is 98.8 cm³/mol. The Bertz CT molecular complexity index is 724. The van der Waals surface area contributed by atoms with E-state index in [-0.39, 0.29) is 5.91 Å². The number of carbonyl (C=O) groups is 1. The number of carbonyl (C=O) groups excluding carboxylic acids is 1. The molecule has 134 valence electrons. The molecule has 0 spiro atoms. The third-order valence-corrected chi connectivity index (χ3v) is 3.63. The molecule has 1 aromatic heterocycles. The number of nitrogens with one attached hydrogen (secondary N) is 2. The van der Waals surface area contributed by atoms with E-state index in [2.05, 4.69) is 25.5 Å². The first-order chi connectivity index (χ1) is 12.0. The molecule has 1 amide bonds. The first-order valence-electron chi connectivity index (χ1n) is 7.85. The highest BCUT2D eigenvalue weighted by atomic mass is 35.5. The Hall–Kier alpha value is -2.38. The minimum absolute atomic E-state index is 0.234. The minimum Gasteiger partial charge on any atom is -0.495 e. The number of aromatic nitrogens is 2. The Morgan fingerprint density at radius 3 is 2.80 bits per heavy atom. The van der Waals surface area contributed by atoms with Crippen LogP contribution in [0.5, 0.6) is 5.75 Å². The van der Waals surface area contributed by atoms with Crippen LogP contribution in [0.25, 0.3) is 0 Å². The molecule has 2 rings (SSSR count). The summed E-state index contributed by atoms with van der Waals surface area (Å²) in [5, 5.41) is 6.51. The molecule has 0 atom stereocenters. The number of benzene rings is 1. The van der Waals surface area contributed by atoms with E-state index in [0.717, 1.165) is 13.0 Å². The van der Waals surface area contributed by atoms with Crippen LogP contribution in [0.1, 0.15) is 16.9 Å². The van der Waals surface area contributed by atoms with Crippen LogP contribution in [0.2, 0.25) is 5.02 Å². The maximum absolute atomic E-state index is 12.2. The summed E-state index contributed by atoms with van der Waals surface area (Å²) in [6.07, 6.45) is 2.21. The van der Waals surface area contributed by atoms with Crippen molar-refractivity contribution >= 4 is 29.0 Å². The highest BCUT2D eigenvalue weighted by Gasteiger charge is 2.10. The number of methoxy groups -OCH3 is 1. The van der Waals surface area contributed by atoms with E-state index in [4.69, 9.17) is 16.3 Å². The Kier molecular flexibility index (Phi) is 6.97. The second-order valence-corrected chi connectivity index (χ2v) is 6.11. The molecule has 0 bridgehead atoms. The van der Waals surface area contributed by atoms with Crippen molar-refractivity contribution in [3.63, 3.8) is 0 Å². The van der Waals surface area contributed by atoms with Crippen LogP contribution in [0.3, 0.4) is 0 Å². The first kappa shape index (κ1) is 19.0. The summed E-state index contributed by atoms with van der Waals surface area (Å²) >= 11 is 6.02. The van der Waals surface area contributed by atoms with Gasteiger partial charge in [0.2, 0.25) is 0 Å². The van der Waals surface area contributed by atoms with Crippen LogP contribution in [0.4, 0.5) is 11.5 Å². The van der Waals surface area contributed by atoms with Crippen molar-refractivity contribution in [2.75, 3.05) is 39.6 Å². The molecule has 1 heterocycles. The van der Waals surface area contributed by atoms with Crippen molar-refractivity contribution in [1.82, 2.24) is 20.2 Å². The number of hydrogen-bond donors (Lipinski definition) is 2. The van der Waals surface area contributed by atoms with Crippen LogP contribution in [-0.2, 0) is 0 Å². The van der Waals surface area contributed by atoms with Crippen LogP contribution < -0.4 is 15.4 Å². The Balaban J connectivity index is 2.03. The molecule has 0 saturated carbocycles. The number of nitrogens with zero attached hydrogens (tertiary/aromatic N) is 3. The Labute approximate surface area is 152 Å². The van der Waals surface area contributed by atoms with Gasteiger partial charge in [0, 0.05) is 17.6 Å². The molecular weight excluding hydrogens is 342 g/mol. The molecule has 0 aliphatic heterocycles. The van der Waals surface area contributed by atoms with Gasteiger partial charge >= 0.3 is 0 Å². The lowest BCUT2D eigenvalue weighted by Gasteiger charge is -2.12. The molecule has 0 aliphatic rings. The summed E-state index contributed by atoms with van der Waals surface area (Å²) in [4.78, 5) is 22.4. The smallest absolute Gasteiger partial charge is 0.270 e. The average Bonchev–Trinajstić information content (AvgIpc) is 2.59. The van der Waals surface area contributed by atoms with E-state index >= 15 is 0 Å². The predicted octanol–water partition coefficient (Wildman–Crippen LogP) is 2.56. The van der Waals surface area contributed by atoms with Gasteiger partial charge < -0.3 is 20.3 Å². The van der Waals surface area contributed by atoms with Gasteiger partial charge in [-0.05, 0) is 45.3 Å². The number of rotatable bonds is 8. The lowest BCUT2D eigenvalue weighted by Crippen LogP contribution is -2.27. The summed E-state index contributed by atoms with van der Waals surface area (Å²) in [5.41, 5.74) is 0.953. The van der Waals surface area contributed by atoms with Crippen molar-refractivity contribution in [2.45, 2.75) is 6.42 Å². The lowest BCUT2D eigenvalue weighted by molar-refractivity contribution is 0.0947. The summed E-state index contributed by atoms with van der Waals surface area (Å²) in [7, 11) is 5.56. The van der Waals surface area contributed by atoms with Crippen molar-refractivity contribution in [3.05, 3.63) is 41.3 Å². The van der Waals surface area contributed by atoms with Crippen LogP contribution in [0.15, 0.2) is 30.6 Å². The molecule has 1 aromatic carbocycles. The maximum Gasteiger partial charge on any atom is 0.270 e. The highest BCUT2D eigenvalue weighted by molar-refractivity contribution is 6.31. The van der Waals surface area contributed by atoms with Crippen LogP contribution in [-0.4, -0.2) is 55.1 Å². The fourth-order valence-corrected chi connectivity index (χ4v) is 2.33. The normalized spacial score (nSPS) is 10.6. The average molecular weight is 364 g/mol. The molecule has 0 unspecified atom stereocenters. The third kappa shape index (κ3) is 5.88. The molecule has 2 N–H and O–H groups in total. The third-order valence-electron chi connectivity index (χ3n) is 3.39. The fraction of sp³-hybridized carbons (Fsp3) is 0.353. The lowest BCUT2D eigenvalue weighted by atomic mass is 10.3. The van der Waals surface area contributed by atoms with Gasteiger partial charge in [0.05, 0.1) is 12.8 Å². The summed E-state index contributed by atoms with van der Waals surface area (Å²) in [6, 6.07) is 6.80. The number of halogens is 1. The van der Waals surface area contributed by atoms with E-state index in [1.54, 1.807) is 31.4 Å². The molecule has 0 saturated heterocycles. The molecule has 0 fully saturated rings. The van der Waals surface area contributed by atoms with Crippen LogP contribution >= 0.6 is 11.6 Å². The van der Waals surface area contributed by atoms with Gasteiger partial charge in [0.15, 0.2) is 0 Å². The molecule has 7 nitrogen and oxygen atoms in total. The van der Waals surface area contributed by atoms with E-state index in [0.29, 0.717) is 34.5 Å². The Morgan fingerprint density at radius 2 is 2.08 bits per heavy atom. The van der Waals surface area contributed by atoms with Gasteiger partial charge in [-0.1, -0.05) is 11.6 Å². The second-order valence-electron chi connectivity index (χ2n) is 5.67. The Morgan fingerprint density at radius 1 is 1.28 bits per heavy atom. The largest absolute Gasteiger partial charge is 0.495 e.